The standard InChI is InChI=1S/C16H31N3/c1-4-15-10-7-6-8-12-19(15)13-9-11-16(3,14-17)18-5-2/h15,18H,4-13H2,1-3H3. The topological polar surface area (TPSA) is 39.1 Å². The Hall–Kier alpha value is -0.590. The lowest BCUT2D eigenvalue weighted by Gasteiger charge is -2.30. The van der Waals surface area contributed by atoms with Gasteiger partial charge in [0.1, 0.15) is 5.54 Å². The minimum Gasteiger partial charge on any atom is -0.300 e. The molecule has 1 rings (SSSR count). The molecular weight excluding hydrogens is 234 g/mol. The van der Waals surface area contributed by atoms with Crippen molar-refractivity contribution in [1.29, 1.82) is 5.26 Å². The van der Waals surface area contributed by atoms with Crippen molar-refractivity contribution in [2.45, 2.75) is 77.3 Å². The van der Waals surface area contributed by atoms with Gasteiger partial charge in [-0.3, -0.25) is 5.32 Å². The quantitative estimate of drug-likeness (QED) is 0.767. The third-order valence-corrected chi connectivity index (χ3v) is 4.41. The lowest BCUT2D eigenvalue weighted by atomic mass is 9.97. The first-order valence-corrected chi connectivity index (χ1v) is 8.05. The van der Waals surface area contributed by atoms with Gasteiger partial charge in [0.15, 0.2) is 0 Å². The Morgan fingerprint density at radius 3 is 2.74 bits per heavy atom. The molecule has 0 aromatic heterocycles. The highest BCUT2D eigenvalue weighted by molar-refractivity contribution is 5.03. The summed E-state index contributed by atoms with van der Waals surface area (Å²) in [5.74, 6) is 0. The summed E-state index contributed by atoms with van der Waals surface area (Å²) in [5, 5.41) is 12.6. The fourth-order valence-electron chi connectivity index (χ4n) is 3.20. The van der Waals surface area contributed by atoms with Gasteiger partial charge >= 0.3 is 0 Å². The van der Waals surface area contributed by atoms with Gasteiger partial charge in [-0.25, -0.2) is 0 Å². The maximum Gasteiger partial charge on any atom is 0.103 e. The van der Waals surface area contributed by atoms with Crippen LogP contribution in [0, 0.1) is 11.3 Å². The van der Waals surface area contributed by atoms with E-state index in [4.69, 9.17) is 0 Å². The van der Waals surface area contributed by atoms with Gasteiger partial charge in [0.2, 0.25) is 0 Å². The van der Waals surface area contributed by atoms with E-state index in [-0.39, 0.29) is 5.54 Å². The number of hydrogen-bond donors (Lipinski definition) is 1. The molecule has 3 nitrogen and oxygen atoms in total. The van der Waals surface area contributed by atoms with Crippen molar-refractivity contribution in [2.24, 2.45) is 0 Å². The largest absolute Gasteiger partial charge is 0.300 e. The molecular formula is C16H31N3. The Labute approximate surface area is 119 Å². The Bertz CT molecular complexity index is 284. The van der Waals surface area contributed by atoms with E-state index < -0.39 is 0 Å². The predicted molar refractivity (Wildman–Crippen MR) is 81.0 cm³/mol. The molecule has 0 aromatic carbocycles. The molecule has 1 fully saturated rings. The SMILES string of the molecule is CCNC(C)(C#N)CCCN1CCCCCC1CC. The highest BCUT2D eigenvalue weighted by Crippen LogP contribution is 2.20. The summed E-state index contributed by atoms with van der Waals surface area (Å²) in [7, 11) is 0. The fourth-order valence-corrected chi connectivity index (χ4v) is 3.20. The fraction of sp³-hybridized carbons (Fsp3) is 0.938. The number of rotatable bonds is 7. The zero-order chi connectivity index (χ0) is 14.1. The smallest absolute Gasteiger partial charge is 0.103 e. The monoisotopic (exact) mass is 265 g/mol. The van der Waals surface area contributed by atoms with E-state index in [0.29, 0.717) is 0 Å². The second-order valence-corrected chi connectivity index (χ2v) is 6.03. The van der Waals surface area contributed by atoms with E-state index in [1.165, 1.54) is 38.6 Å². The van der Waals surface area contributed by atoms with Crippen LogP contribution in [0.5, 0.6) is 0 Å². The molecule has 0 aromatic rings. The van der Waals surface area contributed by atoms with Crippen LogP contribution < -0.4 is 5.32 Å². The summed E-state index contributed by atoms with van der Waals surface area (Å²) in [6.45, 7) is 9.67. The molecule has 0 aliphatic carbocycles. The summed E-state index contributed by atoms with van der Waals surface area (Å²) in [6.07, 6.45) is 8.82. The minimum atomic E-state index is -0.345. The Morgan fingerprint density at radius 1 is 1.32 bits per heavy atom. The van der Waals surface area contributed by atoms with Gasteiger partial charge in [-0.2, -0.15) is 5.26 Å². The van der Waals surface area contributed by atoms with Crippen molar-refractivity contribution in [2.75, 3.05) is 19.6 Å². The molecule has 1 N–H and O–H groups in total. The lowest BCUT2D eigenvalue weighted by molar-refractivity contribution is 0.186. The first-order chi connectivity index (χ1) is 9.15. The van der Waals surface area contributed by atoms with Crippen LogP contribution in [0.15, 0.2) is 0 Å². The summed E-state index contributed by atoms with van der Waals surface area (Å²) in [4.78, 5) is 2.66. The maximum atomic E-state index is 9.27. The van der Waals surface area contributed by atoms with Gasteiger partial charge in [0.05, 0.1) is 6.07 Å². The second-order valence-electron chi connectivity index (χ2n) is 6.03. The number of nitriles is 1. The molecule has 3 heteroatoms. The normalized spacial score (nSPS) is 24.4. The molecule has 1 aliphatic rings. The number of likely N-dealkylation sites (tertiary alicyclic amines) is 1. The van der Waals surface area contributed by atoms with Gasteiger partial charge in [0, 0.05) is 6.04 Å². The molecule has 1 aliphatic heterocycles. The molecule has 110 valence electrons. The molecule has 1 heterocycles. The van der Waals surface area contributed by atoms with E-state index >= 15 is 0 Å². The van der Waals surface area contributed by atoms with Crippen molar-refractivity contribution < 1.29 is 0 Å². The van der Waals surface area contributed by atoms with Crippen LogP contribution in [0.25, 0.3) is 0 Å². The summed E-state index contributed by atoms with van der Waals surface area (Å²) in [5.41, 5.74) is -0.345. The van der Waals surface area contributed by atoms with Crippen molar-refractivity contribution >= 4 is 0 Å². The van der Waals surface area contributed by atoms with Crippen LogP contribution in [0.4, 0.5) is 0 Å². The molecule has 2 atom stereocenters. The maximum absolute atomic E-state index is 9.27. The van der Waals surface area contributed by atoms with Crippen LogP contribution in [0.2, 0.25) is 0 Å². The van der Waals surface area contributed by atoms with Crippen LogP contribution >= 0.6 is 0 Å². The summed E-state index contributed by atoms with van der Waals surface area (Å²) >= 11 is 0. The van der Waals surface area contributed by atoms with Crippen LogP contribution in [-0.2, 0) is 0 Å². The zero-order valence-corrected chi connectivity index (χ0v) is 13.0. The number of hydrogen-bond acceptors (Lipinski definition) is 3. The minimum absolute atomic E-state index is 0.345. The van der Waals surface area contributed by atoms with Crippen molar-refractivity contribution in [3.8, 4) is 6.07 Å². The van der Waals surface area contributed by atoms with Crippen LogP contribution in [0.1, 0.15) is 65.7 Å². The molecule has 1 saturated heterocycles. The average molecular weight is 265 g/mol. The van der Waals surface area contributed by atoms with E-state index in [1.807, 2.05) is 6.92 Å². The zero-order valence-electron chi connectivity index (χ0n) is 13.0. The third kappa shape index (κ3) is 5.50. The molecule has 0 radical (unpaired) electrons. The predicted octanol–water partition coefficient (Wildman–Crippen LogP) is 3.31. The molecule has 0 saturated carbocycles. The van der Waals surface area contributed by atoms with E-state index in [1.54, 1.807) is 0 Å². The summed E-state index contributed by atoms with van der Waals surface area (Å²) in [6, 6.07) is 3.20. The van der Waals surface area contributed by atoms with E-state index in [2.05, 4.69) is 30.1 Å². The van der Waals surface area contributed by atoms with Gasteiger partial charge in [-0.05, 0) is 58.7 Å². The third-order valence-electron chi connectivity index (χ3n) is 4.41. The van der Waals surface area contributed by atoms with Crippen molar-refractivity contribution in [3.63, 3.8) is 0 Å². The van der Waals surface area contributed by atoms with Crippen LogP contribution in [0.3, 0.4) is 0 Å². The van der Waals surface area contributed by atoms with E-state index in [0.717, 1.165) is 32.0 Å². The van der Waals surface area contributed by atoms with Crippen LogP contribution in [-0.4, -0.2) is 36.1 Å². The first kappa shape index (κ1) is 16.5. The highest BCUT2D eigenvalue weighted by Gasteiger charge is 2.23. The molecule has 2 unspecified atom stereocenters. The van der Waals surface area contributed by atoms with Gasteiger partial charge in [-0.1, -0.05) is 26.7 Å². The average Bonchev–Trinajstić information content (AvgIpc) is 2.64. The van der Waals surface area contributed by atoms with Gasteiger partial charge in [-0.15, -0.1) is 0 Å². The Morgan fingerprint density at radius 2 is 2.11 bits per heavy atom. The van der Waals surface area contributed by atoms with E-state index in [9.17, 15) is 5.26 Å². The Kier molecular flexibility index (Phi) is 7.41. The molecule has 0 bridgehead atoms. The molecule has 0 spiro atoms. The molecule has 0 amide bonds. The Balaban J connectivity index is 2.39. The van der Waals surface area contributed by atoms with Crippen molar-refractivity contribution in [3.05, 3.63) is 0 Å². The van der Waals surface area contributed by atoms with Gasteiger partial charge < -0.3 is 4.90 Å². The van der Waals surface area contributed by atoms with Crippen molar-refractivity contribution in [1.82, 2.24) is 10.2 Å². The highest BCUT2D eigenvalue weighted by atomic mass is 15.2. The summed E-state index contributed by atoms with van der Waals surface area (Å²) < 4.78 is 0. The lowest BCUT2D eigenvalue weighted by Crippen LogP contribution is -2.42. The van der Waals surface area contributed by atoms with Gasteiger partial charge in [0.25, 0.3) is 0 Å². The number of nitrogens with one attached hydrogen (secondary N) is 1. The first-order valence-electron chi connectivity index (χ1n) is 8.05. The number of nitrogens with zero attached hydrogens (tertiary/aromatic N) is 2. The molecule has 19 heavy (non-hydrogen) atoms. The second kappa shape index (κ2) is 8.55.